The largest absolute Gasteiger partial charge is 0.495 e. The fraction of sp³-hybridized carbons (Fsp3) is 0.316. The molecule has 0 aromatic heterocycles. The number of hydrogen-bond donors (Lipinski definition) is 1. The molecule has 1 fully saturated rings. The highest BCUT2D eigenvalue weighted by Gasteiger charge is 2.15. The van der Waals surface area contributed by atoms with Crippen molar-refractivity contribution < 1.29 is 14.3 Å². The van der Waals surface area contributed by atoms with E-state index in [9.17, 15) is 4.79 Å². The summed E-state index contributed by atoms with van der Waals surface area (Å²) in [6, 6.07) is 13.4. The number of rotatable bonds is 4. The molecule has 126 valence electrons. The Morgan fingerprint density at radius 1 is 1.17 bits per heavy atom. The van der Waals surface area contributed by atoms with Crippen LogP contribution in [0.3, 0.4) is 0 Å². The van der Waals surface area contributed by atoms with Gasteiger partial charge in [-0.1, -0.05) is 17.7 Å². The van der Waals surface area contributed by atoms with E-state index in [4.69, 9.17) is 9.47 Å². The second-order valence-electron chi connectivity index (χ2n) is 5.81. The number of aryl methyl sites for hydroxylation is 1. The van der Waals surface area contributed by atoms with Crippen LogP contribution in [0.5, 0.6) is 5.75 Å². The monoisotopic (exact) mass is 326 g/mol. The first-order valence-corrected chi connectivity index (χ1v) is 8.06. The van der Waals surface area contributed by atoms with Gasteiger partial charge in [0.2, 0.25) is 0 Å². The summed E-state index contributed by atoms with van der Waals surface area (Å²) in [5.74, 6) is 0.504. The number of amides is 1. The van der Waals surface area contributed by atoms with E-state index in [1.165, 1.54) is 0 Å². The first-order chi connectivity index (χ1) is 11.7. The highest BCUT2D eigenvalue weighted by Crippen LogP contribution is 2.30. The summed E-state index contributed by atoms with van der Waals surface area (Å²) in [5.41, 5.74) is 3.41. The van der Waals surface area contributed by atoms with Gasteiger partial charge in [-0.3, -0.25) is 4.79 Å². The van der Waals surface area contributed by atoms with E-state index in [0.717, 1.165) is 37.6 Å². The molecule has 3 rings (SSSR count). The van der Waals surface area contributed by atoms with Crippen LogP contribution in [0.4, 0.5) is 11.4 Å². The molecule has 2 aromatic carbocycles. The van der Waals surface area contributed by atoms with Crippen LogP contribution in [-0.2, 0) is 4.74 Å². The molecule has 0 spiro atoms. The number of morpholine rings is 1. The third-order valence-electron chi connectivity index (χ3n) is 4.09. The van der Waals surface area contributed by atoms with Crippen LogP contribution in [0.15, 0.2) is 42.5 Å². The summed E-state index contributed by atoms with van der Waals surface area (Å²) in [7, 11) is 1.60. The number of hydrogen-bond acceptors (Lipinski definition) is 4. The van der Waals surface area contributed by atoms with Gasteiger partial charge in [-0.25, -0.2) is 0 Å². The lowest BCUT2D eigenvalue weighted by molar-refractivity contribution is 0.102. The molecule has 1 saturated heterocycles. The average molecular weight is 326 g/mol. The van der Waals surface area contributed by atoms with E-state index in [2.05, 4.69) is 10.2 Å². The molecule has 2 aromatic rings. The first-order valence-electron chi connectivity index (χ1n) is 8.06. The normalized spacial score (nSPS) is 14.3. The maximum Gasteiger partial charge on any atom is 0.255 e. The highest BCUT2D eigenvalue weighted by molar-refractivity contribution is 6.05. The fourth-order valence-corrected chi connectivity index (χ4v) is 2.79. The number of nitrogens with one attached hydrogen (secondary N) is 1. The molecular formula is C19H22N2O3. The number of nitrogens with zero attached hydrogens (tertiary/aromatic N) is 1. The Morgan fingerprint density at radius 3 is 2.67 bits per heavy atom. The van der Waals surface area contributed by atoms with Gasteiger partial charge in [-0.15, -0.1) is 0 Å². The highest BCUT2D eigenvalue weighted by atomic mass is 16.5. The van der Waals surface area contributed by atoms with Crippen LogP contribution in [0.2, 0.25) is 0 Å². The van der Waals surface area contributed by atoms with Crippen LogP contribution in [-0.4, -0.2) is 39.3 Å². The van der Waals surface area contributed by atoms with Crippen LogP contribution >= 0.6 is 0 Å². The van der Waals surface area contributed by atoms with Gasteiger partial charge in [-0.2, -0.15) is 0 Å². The Labute approximate surface area is 142 Å². The summed E-state index contributed by atoms with van der Waals surface area (Å²) < 4.78 is 10.8. The molecule has 5 heteroatoms. The van der Waals surface area contributed by atoms with Gasteiger partial charge in [0.15, 0.2) is 0 Å². The minimum absolute atomic E-state index is 0.142. The van der Waals surface area contributed by atoms with Crippen LogP contribution in [0.25, 0.3) is 0 Å². The van der Waals surface area contributed by atoms with Crippen molar-refractivity contribution in [3.8, 4) is 5.75 Å². The SMILES string of the molecule is COc1ccc(N2CCOCC2)cc1NC(=O)c1cccc(C)c1. The van der Waals surface area contributed by atoms with Crippen molar-refractivity contribution in [1.82, 2.24) is 0 Å². The van der Waals surface area contributed by atoms with E-state index in [1.807, 2.05) is 43.3 Å². The third-order valence-corrected chi connectivity index (χ3v) is 4.09. The maximum absolute atomic E-state index is 12.5. The Bertz CT molecular complexity index is 724. The minimum atomic E-state index is -0.142. The summed E-state index contributed by atoms with van der Waals surface area (Å²) >= 11 is 0. The first kappa shape index (κ1) is 16.3. The molecule has 24 heavy (non-hydrogen) atoms. The molecular weight excluding hydrogens is 304 g/mol. The van der Waals surface area contributed by atoms with Crippen molar-refractivity contribution in [2.75, 3.05) is 43.6 Å². The van der Waals surface area contributed by atoms with Gasteiger partial charge in [0, 0.05) is 24.3 Å². The smallest absolute Gasteiger partial charge is 0.255 e. The third kappa shape index (κ3) is 3.68. The standard InChI is InChI=1S/C19H22N2O3/c1-14-4-3-5-15(12-14)19(22)20-17-13-16(6-7-18(17)23-2)21-8-10-24-11-9-21/h3-7,12-13H,8-11H2,1-2H3,(H,20,22). The van der Waals surface area contributed by atoms with Gasteiger partial charge in [-0.05, 0) is 37.3 Å². The molecule has 0 atom stereocenters. The number of carbonyl (C=O) groups is 1. The molecule has 1 aliphatic heterocycles. The lowest BCUT2D eigenvalue weighted by Gasteiger charge is -2.29. The van der Waals surface area contributed by atoms with Crippen molar-refractivity contribution in [3.05, 3.63) is 53.6 Å². The van der Waals surface area contributed by atoms with Gasteiger partial charge in [0.05, 0.1) is 26.0 Å². The number of ether oxygens (including phenoxy) is 2. The number of methoxy groups -OCH3 is 1. The van der Waals surface area contributed by atoms with Gasteiger partial charge < -0.3 is 19.7 Å². The van der Waals surface area contributed by atoms with E-state index < -0.39 is 0 Å². The van der Waals surface area contributed by atoms with Gasteiger partial charge in [0.1, 0.15) is 5.75 Å². The molecule has 1 aliphatic rings. The van der Waals surface area contributed by atoms with E-state index in [1.54, 1.807) is 13.2 Å². The molecule has 1 amide bonds. The number of carbonyl (C=O) groups excluding carboxylic acids is 1. The zero-order chi connectivity index (χ0) is 16.9. The quantitative estimate of drug-likeness (QED) is 0.938. The van der Waals surface area contributed by atoms with E-state index in [0.29, 0.717) is 17.0 Å². The zero-order valence-electron chi connectivity index (χ0n) is 14.0. The minimum Gasteiger partial charge on any atom is -0.495 e. The number of anilines is 2. The fourth-order valence-electron chi connectivity index (χ4n) is 2.79. The Hall–Kier alpha value is -2.53. The molecule has 0 unspecified atom stereocenters. The molecule has 0 radical (unpaired) electrons. The van der Waals surface area contributed by atoms with Crippen LogP contribution in [0, 0.1) is 6.92 Å². The lowest BCUT2D eigenvalue weighted by Crippen LogP contribution is -2.36. The van der Waals surface area contributed by atoms with Crippen molar-refractivity contribution in [1.29, 1.82) is 0 Å². The predicted octanol–water partition coefficient (Wildman–Crippen LogP) is 3.09. The second kappa shape index (κ2) is 7.36. The average Bonchev–Trinajstić information content (AvgIpc) is 2.62. The Kier molecular flexibility index (Phi) is 5.01. The van der Waals surface area contributed by atoms with E-state index >= 15 is 0 Å². The topological polar surface area (TPSA) is 50.8 Å². The summed E-state index contributed by atoms with van der Waals surface area (Å²) in [5, 5.41) is 2.96. The van der Waals surface area contributed by atoms with Gasteiger partial charge in [0.25, 0.3) is 5.91 Å². The molecule has 0 aliphatic carbocycles. The van der Waals surface area contributed by atoms with Gasteiger partial charge >= 0.3 is 0 Å². The van der Waals surface area contributed by atoms with Crippen molar-refractivity contribution in [2.24, 2.45) is 0 Å². The molecule has 5 nitrogen and oxygen atoms in total. The summed E-state index contributed by atoms with van der Waals surface area (Å²) in [4.78, 5) is 14.8. The summed E-state index contributed by atoms with van der Waals surface area (Å²) in [6.07, 6.45) is 0. The van der Waals surface area contributed by atoms with Crippen molar-refractivity contribution in [2.45, 2.75) is 6.92 Å². The maximum atomic E-state index is 12.5. The zero-order valence-corrected chi connectivity index (χ0v) is 14.0. The number of benzene rings is 2. The molecule has 0 bridgehead atoms. The Morgan fingerprint density at radius 2 is 1.96 bits per heavy atom. The lowest BCUT2D eigenvalue weighted by atomic mass is 10.1. The predicted molar refractivity (Wildman–Crippen MR) is 95.2 cm³/mol. The second-order valence-corrected chi connectivity index (χ2v) is 5.81. The Balaban J connectivity index is 1.83. The van der Waals surface area contributed by atoms with Crippen LogP contribution < -0.4 is 15.0 Å². The van der Waals surface area contributed by atoms with Crippen molar-refractivity contribution >= 4 is 17.3 Å². The molecule has 1 N–H and O–H groups in total. The van der Waals surface area contributed by atoms with Crippen LogP contribution in [0.1, 0.15) is 15.9 Å². The van der Waals surface area contributed by atoms with Crippen molar-refractivity contribution in [3.63, 3.8) is 0 Å². The van der Waals surface area contributed by atoms with E-state index in [-0.39, 0.29) is 5.91 Å². The molecule has 1 heterocycles. The summed E-state index contributed by atoms with van der Waals surface area (Å²) in [6.45, 7) is 5.10. The molecule has 0 saturated carbocycles.